The van der Waals surface area contributed by atoms with Crippen molar-refractivity contribution in [2.24, 2.45) is 5.73 Å². The third-order valence-corrected chi connectivity index (χ3v) is 0.894. The van der Waals surface area contributed by atoms with Gasteiger partial charge >= 0.3 is 0 Å². The zero-order valence-electron chi connectivity index (χ0n) is 5.30. The summed E-state index contributed by atoms with van der Waals surface area (Å²) in [7, 11) is 0. The molecule has 0 heterocycles. The second-order valence-corrected chi connectivity index (χ2v) is 1.69. The van der Waals surface area contributed by atoms with Crippen molar-refractivity contribution in [2.75, 3.05) is 6.61 Å². The summed E-state index contributed by atoms with van der Waals surface area (Å²) in [6.45, 7) is 0.0294. The van der Waals surface area contributed by atoms with Crippen molar-refractivity contribution in [2.45, 2.75) is 18.9 Å². The maximum atomic E-state index is 8.37. The first kappa shape index (κ1) is 11.3. The molecule has 0 unspecified atom stereocenters. The lowest BCUT2D eigenvalue weighted by Crippen LogP contribution is -2.23. The molecule has 54 valence electrons. The minimum atomic E-state index is -0.133. The molecule has 0 aliphatic heterocycles. The maximum Gasteiger partial charge on any atom is 0.0582 e. The molecule has 0 saturated carbocycles. The molecule has 3 nitrogen and oxygen atoms in total. The molecule has 0 aromatic rings. The van der Waals surface area contributed by atoms with E-state index in [2.05, 4.69) is 5.92 Å². The number of aliphatic hydroxyl groups excluding tert-OH is 1. The number of nitrogens with two attached hydrogens (primary N) is 1. The van der Waals surface area contributed by atoms with E-state index < -0.39 is 0 Å². The molecule has 0 bridgehead atoms. The average Bonchev–Trinajstić information content (AvgIpc) is 1.83. The maximum absolute atomic E-state index is 8.37. The van der Waals surface area contributed by atoms with Crippen LogP contribution in [0, 0.1) is 12.3 Å². The average molecular weight is 131 g/mol. The third kappa shape index (κ3) is 7.44. The van der Waals surface area contributed by atoms with E-state index in [1.807, 2.05) is 0 Å². The van der Waals surface area contributed by atoms with E-state index in [9.17, 15) is 0 Å². The summed E-state index contributed by atoms with van der Waals surface area (Å²) < 4.78 is 0. The molecular formula is C6H13NO2. The molecule has 0 aliphatic carbocycles. The molecule has 5 N–H and O–H groups in total. The van der Waals surface area contributed by atoms with Gasteiger partial charge in [-0.05, 0) is 6.42 Å². The van der Waals surface area contributed by atoms with Gasteiger partial charge < -0.3 is 16.3 Å². The first-order valence-corrected chi connectivity index (χ1v) is 2.61. The molecule has 3 heteroatoms. The number of hydrogen-bond donors (Lipinski definition) is 2. The minimum absolute atomic E-state index is 0. The highest BCUT2D eigenvalue weighted by molar-refractivity contribution is 4.84. The van der Waals surface area contributed by atoms with Crippen LogP contribution in [-0.4, -0.2) is 23.2 Å². The van der Waals surface area contributed by atoms with E-state index in [-0.39, 0.29) is 18.1 Å². The Hall–Kier alpha value is -0.560. The first-order valence-electron chi connectivity index (χ1n) is 2.61. The molecule has 0 spiro atoms. The minimum Gasteiger partial charge on any atom is -0.412 e. The summed E-state index contributed by atoms with van der Waals surface area (Å²) in [5.41, 5.74) is 5.31. The smallest absolute Gasteiger partial charge is 0.0582 e. The van der Waals surface area contributed by atoms with Crippen LogP contribution in [0.1, 0.15) is 12.8 Å². The van der Waals surface area contributed by atoms with Crippen LogP contribution in [0.3, 0.4) is 0 Å². The van der Waals surface area contributed by atoms with Gasteiger partial charge in [0.25, 0.3) is 0 Å². The lowest BCUT2D eigenvalue weighted by molar-refractivity contribution is 0.261. The molecule has 0 aromatic carbocycles. The Bertz CT molecular complexity index is 87.5. The molecule has 0 saturated heterocycles. The molecule has 0 aromatic heterocycles. The summed E-state index contributed by atoms with van der Waals surface area (Å²) in [6.07, 6.45) is 6.31. The van der Waals surface area contributed by atoms with E-state index in [0.717, 1.165) is 0 Å². The Kier molecular flexibility index (Phi) is 9.31. The molecule has 0 amide bonds. The number of terminal acetylenes is 1. The lowest BCUT2D eigenvalue weighted by atomic mass is 10.2. The van der Waals surface area contributed by atoms with Gasteiger partial charge in [-0.3, -0.25) is 0 Å². The largest absolute Gasteiger partial charge is 0.412 e. The van der Waals surface area contributed by atoms with Gasteiger partial charge in [0.2, 0.25) is 0 Å². The van der Waals surface area contributed by atoms with E-state index in [0.29, 0.717) is 12.8 Å². The normalized spacial score (nSPS) is 11.2. The quantitative estimate of drug-likeness (QED) is 0.477. The van der Waals surface area contributed by atoms with Gasteiger partial charge in [0.15, 0.2) is 0 Å². The van der Waals surface area contributed by atoms with E-state index in [4.69, 9.17) is 17.3 Å². The third-order valence-electron chi connectivity index (χ3n) is 0.894. The molecular weight excluding hydrogens is 118 g/mol. The summed E-state index contributed by atoms with van der Waals surface area (Å²) >= 11 is 0. The molecule has 0 aliphatic rings. The van der Waals surface area contributed by atoms with Crippen molar-refractivity contribution in [3.63, 3.8) is 0 Å². The Morgan fingerprint density at radius 2 is 2.22 bits per heavy atom. The van der Waals surface area contributed by atoms with Crippen molar-refractivity contribution in [3.8, 4) is 12.3 Å². The van der Waals surface area contributed by atoms with E-state index in [1.54, 1.807) is 0 Å². The van der Waals surface area contributed by atoms with Gasteiger partial charge in [-0.1, -0.05) is 0 Å². The molecule has 0 radical (unpaired) electrons. The SMILES string of the molecule is C#CCC[C@H](N)CO.O. The zero-order valence-corrected chi connectivity index (χ0v) is 5.30. The van der Waals surface area contributed by atoms with Gasteiger partial charge in [0.05, 0.1) is 6.61 Å². The lowest BCUT2D eigenvalue weighted by Gasteiger charge is -2.02. The predicted molar refractivity (Wildman–Crippen MR) is 36.7 cm³/mol. The Labute approximate surface area is 55.2 Å². The number of aliphatic hydroxyl groups is 1. The highest BCUT2D eigenvalue weighted by atomic mass is 16.3. The van der Waals surface area contributed by atoms with Crippen molar-refractivity contribution in [3.05, 3.63) is 0 Å². The van der Waals surface area contributed by atoms with E-state index >= 15 is 0 Å². The van der Waals surface area contributed by atoms with Crippen molar-refractivity contribution in [1.82, 2.24) is 0 Å². The molecule has 0 rings (SSSR count). The Balaban J connectivity index is 0. The van der Waals surface area contributed by atoms with Crippen molar-refractivity contribution in [1.29, 1.82) is 0 Å². The van der Waals surface area contributed by atoms with Crippen LogP contribution in [0.4, 0.5) is 0 Å². The summed E-state index contributed by atoms with van der Waals surface area (Å²) in [5.74, 6) is 2.44. The number of hydrogen-bond acceptors (Lipinski definition) is 2. The van der Waals surface area contributed by atoms with Crippen LogP contribution >= 0.6 is 0 Å². The summed E-state index contributed by atoms with van der Waals surface area (Å²) in [4.78, 5) is 0. The summed E-state index contributed by atoms with van der Waals surface area (Å²) in [5, 5.41) is 8.37. The van der Waals surface area contributed by atoms with Crippen LogP contribution in [0.5, 0.6) is 0 Å². The predicted octanol–water partition coefficient (Wildman–Crippen LogP) is -1.11. The standard InChI is InChI=1S/C6H11NO.H2O/c1-2-3-4-6(7)5-8;/h1,6,8H,3-5,7H2;1H2/t6-;/m0./s1. The topological polar surface area (TPSA) is 77.8 Å². The first-order chi connectivity index (χ1) is 3.81. The van der Waals surface area contributed by atoms with Crippen LogP contribution in [0.2, 0.25) is 0 Å². The van der Waals surface area contributed by atoms with Crippen molar-refractivity contribution >= 4 is 0 Å². The fourth-order valence-corrected chi connectivity index (χ4v) is 0.360. The second-order valence-electron chi connectivity index (χ2n) is 1.69. The highest BCUT2D eigenvalue weighted by Gasteiger charge is 1.95. The molecule has 9 heavy (non-hydrogen) atoms. The monoisotopic (exact) mass is 131 g/mol. The fraction of sp³-hybridized carbons (Fsp3) is 0.667. The molecule has 0 fully saturated rings. The van der Waals surface area contributed by atoms with Gasteiger partial charge in [-0.25, -0.2) is 0 Å². The summed E-state index contributed by atoms with van der Waals surface area (Å²) in [6, 6.07) is -0.133. The van der Waals surface area contributed by atoms with Crippen molar-refractivity contribution < 1.29 is 10.6 Å². The van der Waals surface area contributed by atoms with Gasteiger partial charge in [0, 0.05) is 12.5 Å². The van der Waals surface area contributed by atoms with Gasteiger partial charge in [-0.2, -0.15) is 0 Å². The van der Waals surface area contributed by atoms with Gasteiger partial charge in [-0.15, -0.1) is 12.3 Å². The van der Waals surface area contributed by atoms with Crippen LogP contribution in [0.25, 0.3) is 0 Å². The Morgan fingerprint density at radius 3 is 2.56 bits per heavy atom. The van der Waals surface area contributed by atoms with E-state index in [1.165, 1.54) is 0 Å². The number of rotatable bonds is 3. The second kappa shape index (κ2) is 7.44. The molecule has 1 atom stereocenters. The van der Waals surface area contributed by atoms with Crippen LogP contribution in [0.15, 0.2) is 0 Å². The zero-order chi connectivity index (χ0) is 6.41. The van der Waals surface area contributed by atoms with Gasteiger partial charge in [0.1, 0.15) is 0 Å². The fourth-order valence-electron chi connectivity index (χ4n) is 0.360. The highest BCUT2D eigenvalue weighted by Crippen LogP contribution is 1.89. The van der Waals surface area contributed by atoms with Crippen LogP contribution < -0.4 is 5.73 Å². The van der Waals surface area contributed by atoms with Crippen LogP contribution in [-0.2, 0) is 0 Å². The Morgan fingerprint density at radius 1 is 1.67 bits per heavy atom.